The maximum Gasteiger partial charge on any atom is 0.251 e. The normalized spacial score (nSPS) is 14.0. The van der Waals surface area contributed by atoms with E-state index in [1.54, 1.807) is 30.5 Å². The molecule has 1 aromatic carbocycles. The average molecular weight is 504 g/mol. The van der Waals surface area contributed by atoms with E-state index in [4.69, 9.17) is 4.74 Å². The van der Waals surface area contributed by atoms with Gasteiger partial charge in [-0.2, -0.15) is 0 Å². The molecular weight excluding hydrogens is 473 g/mol. The molecule has 1 aliphatic rings. The van der Waals surface area contributed by atoms with E-state index in [0.29, 0.717) is 36.7 Å². The lowest BCUT2D eigenvalue weighted by molar-refractivity contribution is 0.0694. The summed E-state index contributed by atoms with van der Waals surface area (Å²) in [6.45, 7) is 4.59. The van der Waals surface area contributed by atoms with Crippen molar-refractivity contribution >= 4 is 29.9 Å². The molecule has 0 bridgehead atoms. The number of hydrogen-bond acceptors (Lipinski definition) is 7. The Labute approximate surface area is 210 Å². The number of hydrogen-bond donors (Lipinski definition) is 2. The van der Waals surface area contributed by atoms with Crippen molar-refractivity contribution in [1.82, 2.24) is 29.7 Å². The first-order chi connectivity index (χ1) is 16.4. The Kier molecular flexibility index (Phi) is 9.13. The molecule has 2 N–H and O–H groups in total. The highest BCUT2D eigenvalue weighted by Gasteiger charge is 2.23. The number of ether oxygens (including phenoxy) is 1. The second kappa shape index (κ2) is 12.1. The molecule has 0 aliphatic carbocycles. The Hall–Kier alpha value is -3.08. The van der Waals surface area contributed by atoms with Crippen LogP contribution < -0.4 is 10.6 Å². The van der Waals surface area contributed by atoms with Crippen LogP contribution in [0.4, 0.5) is 16.0 Å². The fraction of sp³-hybridized carbons (Fsp3) is 0.417. The first kappa shape index (κ1) is 26.5. The first-order valence-corrected chi connectivity index (χ1v) is 11.4. The number of imidazole rings is 1. The van der Waals surface area contributed by atoms with E-state index in [1.165, 1.54) is 0 Å². The smallest absolute Gasteiger partial charge is 0.251 e. The van der Waals surface area contributed by atoms with E-state index in [0.717, 1.165) is 31.4 Å². The molecule has 0 saturated carbocycles. The Morgan fingerprint density at radius 2 is 1.89 bits per heavy atom. The zero-order valence-corrected chi connectivity index (χ0v) is 20.9. The Morgan fingerprint density at radius 3 is 2.57 bits per heavy atom. The van der Waals surface area contributed by atoms with Crippen molar-refractivity contribution in [1.29, 1.82) is 0 Å². The number of benzene rings is 1. The molecule has 9 nitrogen and oxygen atoms in total. The summed E-state index contributed by atoms with van der Waals surface area (Å²) >= 11 is 0. The quantitative estimate of drug-likeness (QED) is 0.484. The van der Waals surface area contributed by atoms with Crippen LogP contribution in [-0.4, -0.2) is 70.7 Å². The minimum Gasteiger partial charge on any atom is -0.381 e. The number of anilines is 2. The van der Waals surface area contributed by atoms with Gasteiger partial charge in [-0.05, 0) is 58.1 Å². The Morgan fingerprint density at radius 1 is 1.17 bits per heavy atom. The van der Waals surface area contributed by atoms with E-state index in [-0.39, 0.29) is 36.0 Å². The number of rotatable bonds is 8. The maximum atomic E-state index is 14.8. The molecule has 11 heteroatoms. The highest BCUT2D eigenvalue weighted by atomic mass is 35.5. The maximum absolute atomic E-state index is 14.8. The third-order valence-corrected chi connectivity index (χ3v) is 5.77. The van der Waals surface area contributed by atoms with E-state index in [1.807, 2.05) is 30.5 Å². The van der Waals surface area contributed by atoms with Crippen LogP contribution in [0, 0.1) is 12.7 Å². The molecule has 1 saturated heterocycles. The molecule has 0 unspecified atom stereocenters. The SMILES string of the molecule is Cc1ncc(-c2nc(Nc3ccc(C(=O)NCCN(C)C)cc3)ncc2F)n1C1CCOCC1.Cl. The number of carbonyl (C=O) groups excluding carboxylic acids is 1. The molecule has 3 heterocycles. The van der Waals surface area contributed by atoms with E-state index < -0.39 is 5.82 Å². The Bertz CT molecular complexity index is 1130. The summed E-state index contributed by atoms with van der Waals surface area (Å²) in [4.78, 5) is 27.2. The van der Waals surface area contributed by atoms with Crippen LogP contribution in [0.1, 0.15) is 35.1 Å². The molecule has 1 fully saturated rings. The molecule has 2 aromatic heterocycles. The number of amides is 1. The van der Waals surface area contributed by atoms with Gasteiger partial charge in [0.25, 0.3) is 5.91 Å². The fourth-order valence-electron chi connectivity index (χ4n) is 3.97. The monoisotopic (exact) mass is 503 g/mol. The molecule has 0 spiro atoms. The molecule has 1 aliphatic heterocycles. The summed E-state index contributed by atoms with van der Waals surface area (Å²) in [7, 11) is 3.91. The van der Waals surface area contributed by atoms with Gasteiger partial charge in [0.1, 0.15) is 11.5 Å². The standard InChI is InChI=1S/C24H30FN7O2.ClH/c1-16-27-15-21(32(16)19-8-12-34-13-9-19)22-20(25)14-28-24(30-22)29-18-6-4-17(5-7-18)23(33)26-10-11-31(2)3;/h4-7,14-15,19H,8-13H2,1-3H3,(H,26,33)(H,28,29,30);1H. The van der Waals surface area contributed by atoms with Crippen molar-refractivity contribution in [3.8, 4) is 11.4 Å². The third kappa shape index (κ3) is 6.53. The van der Waals surface area contributed by atoms with E-state index >= 15 is 0 Å². The van der Waals surface area contributed by atoms with Crippen LogP contribution >= 0.6 is 12.4 Å². The first-order valence-electron chi connectivity index (χ1n) is 11.4. The highest BCUT2D eigenvalue weighted by molar-refractivity contribution is 5.94. The van der Waals surface area contributed by atoms with Crippen LogP contribution in [0.2, 0.25) is 0 Å². The third-order valence-electron chi connectivity index (χ3n) is 5.77. The van der Waals surface area contributed by atoms with Gasteiger partial charge in [-0.1, -0.05) is 0 Å². The van der Waals surface area contributed by atoms with E-state index in [2.05, 4.69) is 25.6 Å². The van der Waals surface area contributed by atoms with Crippen molar-refractivity contribution in [3.63, 3.8) is 0 Å². The lowest BCUT2D eigenvalue weighted by atomic mass is 10.1. The largest absolute Gasteiger partial charge is 0.381 e. The van der Waals surface area contributed by atoms with Crippen molar-refractivity contribution < 1.29 is 13.9 Å². The zero-order chi connectivity index (χ0) is 24.1. The summed E-state index contributed by atoms with van der Waals surface area (Å²) < 4.78 is 22.3. The van der Waals surface area contributed by atoms with E-state index in [9.17, 15) is 9.18 Å². The van der Waals surface area contributed by atoms with Gasteiger partial charge in [-0.25, -0.2) is 19.3 Å². The van der Waals surface area contributed by atoms with Crippen molar-refractivity contribution in [3.05, 3.63) is 53.9 Å². The topological polar surface area (TPSA) is 97.2 Å². The fourth-order valence-corrected chi connectivity index (χ4v) is 3.97. The number of halogens is 2. The average Bonchev–Trinajstić information content (AvgIpc) is 3.22. The zero-order valence-electron chi connectivity index (χ0n) is 20.1. The lowest BCUT2D eigenvalue weighted by Crippen LogP contribution is -2.31. The second-order valence-corrected chi connectivity index (χ2v) is 8.56. The minimum absolute atomic E-state index is 0. The van der Waals surface area contributed by atoms with Gasteiger partial charge in [0.15, 0.2) is 5.82 Å². The predicted molar refractivity (Wildman–Crippen MR) is 135 cm³/mol. The molecule has 0 atom stereocenters. The van der Waals surface area contributed by atoms with Crippen molar-refractivity contribution in [2.75, 3.05) is 45.7 Å². The summed E-state index contributed by atoms with van der Waals surface area (Å²) in [5.41, 5.74) is 2.07. The number of carbonyl (C=O) groups is 1. The van der Waals surface area contributed by atoms with Crippen LogP contribution in [0.5, 0.6) is 0 Å². The Balaban J connectivity index is 0.00000342. The second-order valence-electron chi connectivity index (χ2n) is 8.56. The van der Waals surface area contributed by atoms with Gasteiger partial charge in [0.05, 0.1) is 18.1 Å². The molecular formula is C24H31ClFN7O2. The van der Waals surface area contributed by atoms with Crippen molar-refractivity contribution in [2.24, 2.45) is 0 Å². The van der Waals surface area contributed by atoms with Gasteiger partial charge in [0.2, 0.25) is 5.95 Å². The lowest BCUT2D eigenvalue weighted by Gasteiger charge is -2.26. The van der Waals surface area contributed by atoms with Crippen LogP contribution in [0.3, 0.4) is 0 Å². The molecule has 0 radical (unpaired) electrons. The van der Waals surface area contributed by atoms with Gasteiger partial charge in [-0.3, -0.25) is 4.79 Å². The minimum atomic E-state index is -0.511. The molecule has 4 rings (SSSR count). The van der Waals surface area contributed by atoms with Gasteiger partial charge in [0, 0.05) is 43.6 Å². The summed E-state index contributed by atoms with van der Waals surface area (Å²) in [6, 6.07) is 7.17. The number of aryl methyl sites for hydroxylation is 1. The predicted octanol–water partition coefficient (Wildman–Crippen LogP) is 3.60. The summed E-state index contributed by atoms with van der Waals surface area (Å²) in [5.74, 6) is 0.430. The number of nitrogens with zero attached hydrogens (tertiary/aromatic N) is 5. The van der Waals surface area contributed by atoms with Gasteiger partial charge < -0.3 is 24.8 Å². The number of aromatic nitrogens is 4. The molecule has 1 amide bonds. The number of nitrogens with one attached hydrogen (secondary N) is 2. The van der Waals surface area contributed by atoms with Crippen LogP contribution in [-0.2, 0) is 4.74 Å². The molecule has 3 aromatic rings. The molecule has 188 valence electrons. The van der Waals surface area contributed by atoms with Crippen molar-refractivity contribution in [2.45, 2.75) is 25.8 Å². The number of likely N-dealkylation sites (N-methyl/N-ethyl adjacent to an activating group) is 1. The van der Waals surface area contributed by atoms with Crippen LogP contribution in [0.25, 0.3) is 11.4 Å². The summed E-state index contributed by atoms with van der Waals surface area (Å²) in [5, 5.41) is 5.98. The molecule has 35 heavy (non-hydrogen) atoms. The van der Waals surface area contributed by atoms with Gasteiger partial charge >= 0.3 is 0 Å². The highest BCUT2D eigenvalue weighted by Crippen LogP contribution is 2.31. The van der Waals surface area contributed by atoms with Gasteiger partial charge in [-0.15, -0.1) is 12.4 Å². The van der Waals surface area contributed by atoms with Crippen LogP contribution in [0.15, 0.2) is 36.7 Å². The summed E-state index contributed by atoms with van der Waals surface area (Å²) in [6.07, 6.45) is 4.51.